The molecule has 1 aliphatic rings. The zero-order valence-electron chi connectivity index (χ0n) is 20.9. The lowest BCUT2D eigenvalue weighted by atomic mass is 9.95. The van der Waals surface area contributed by atoms with E-state index < -0.39 is 22.2 Å². The van der Waals surface area contributed by atoms with Crippen LogP contribution in [0.1, 0.15) is 61.3 Å². The van der Waals surface area contributed by atoms with Crippen molar-refractivity contribution in [1.82, 2.24) is 0 Å². The second-order valence-electron chi connectivity index (χ2n) is 8.86. The highest BCUT2D eigenvalue weighted by atomic mass is 28.4. The number of hydrogen-bond donors (Lipinski definition) is 1. The highest BCUT2D eigenvalue weighted by Crippen LogP contribution is 2.36. The summed E-state index contributed by atoms with van der Waals surface area (Å²) >= 11 is 0. The quantitative estimate of drug-likeness (QED) is 0.181. The molecule has 31 heavy (non-hydrogen) atoms. The topological polar surface area (TPSA) is 65.0 Å². The molecule has 0 saturated heterocycles. The first-order chi connectivity index (χ1) is 14.7. The predicted octanol–water partition coefficient (Wildman–Crippen LogP) is 5.97. The first-order valence-electron chi connectivity index (χ1n) is 12.3. The third kappa shape index (κ3) is 7.67. The van der Waals surface area contributed by atoms with Crippen molar-refractivity contribution in [3.05, 3.63) is 24.3 Å². The van der Waals surface area contributed by atoms with Crippen LogP contribution in [0.2, 0.25) is 36.3 Å². The van der Waals surface area contributed by atoms with Crippen LogP contribution in [0.4, 0.5) is 0 Å². The van der Waals surface area contributed by atoms with Crippen LogP contribution in [0, 0.1) is 0 Å². The molecule has 1 N–H and O–H groups in total. The fraction of sp³-hybridized carbons (Fsp3) is 0.792. The number of aliphatic hydroxyl groups is 1. The third-order valence-electron chi connectivity index (χ3n) is 7.26. The van der Waals surface area contributed by atoms with Crippen LogP contribution in [-0.4, -0.2) is 52.1 Å². The van der Waals surface area contributed by atoms with Gasteiger partial charge in [0.05, 0.1) is 11.7 Å². The minimum absolute atomic E-state index is 0.0547. The van der Waals surface area contributed by atoms with E-state index in [0.717, 1.165) is 36.3 Å². The molecule has 0 bridgehead atoms. The van der Waals surface area contributed by atoms with Gasteiger partial charge in [-0.1, -0.05) is 53.7 Å². The van der Waals surface area contributed by atoms with Gasteiger partial charge in [0, 0.05) is 19.1 Å². The molecule has 1 rings (SSSR count). The summed E-state index contributed by atoms with van der Waals surface area (Å²) in [6, 6.07) is 6.25. The van der Waals surface area contributed by atoms with Crippen molar-refractivity contribution in [2.45, 2.75) is 115 Å². The van der Waals surface area contributed by atoms with E-state index in [9.17, 15) is 9.90 Å². The average molecular weight is 471 g/mol. The molecule has 0 radical (unpaired) electrons. The number of esters is 1. The Balaban J connectivity index is 3.37. The van der Waals surface area contributed by atoms with Gasteiger partial charge in [-0.05, 0) is 55.7 Å². The maximum Gasteiger partial charge on any atom is 0.331 e. The molecule has 3 atom stereocenters. The summed E-state index contributed by atoms with van der Waals surface area (Å²) in [5.41, 5.74) is -0.678. The van der Waals surface area contributed by atoms with Crippen LogP contribution in [0.5, 0.6) is 0 Å². The molecule has 0 spiro atoms. The van der Waals surface area contributed by atoms with Crippen LogP contribution < -0.4 is 0 Å². The smallest absolute Gasteiger partial charge is 0.331 e. The predicted molar refractivity (Wildman–Crippen MR) is 133 cm³/mol. The van der Waals surface area contributed by atoms with Gasteiger partial charge in [0.15, 0.2) is 16.6 Å². The molecule has 5 nitrogen and oxygen atoms in total. The third-order valence-corrected chi connectivity index (χ3v) is 16.6. The zero-order valence-corrected chi connectivity index (χ0v) is 22.9. The van der Waals surface area contributed by atoms with E-state index in [-0.39, 0.29) is 24.8 Å². The molecule has 180 valence electrons. The van der Waals surface area contributed by atoms with Crippen molar-refractivity contribution >= 4 is 22.6 Å². The van der Waals surface area contributed by atoms with E-state index in [1.165, 1.54) is 6.08 Å². The molecular weight excluding hydrogens is 424 g/mol. The minimum Gasteiger partial charge on any atom is -0.455 e. The Morgan fingerprint density at radius 3 is 2.10 bits per heavy atom. The Kier molecular flexibility index (Phi) is 11.9. The molecule has 0 saturated carbocycles. The van der Waals surface area contributed by atoms with Gasteiger partial charge in [0.1, 0.15) is 6.10 Å². The highest BCUT2D eigenvalue weighted by Gasteiger charge is 2.45. The first kappa shape index (κ1) is 28.3. The number of carbonyl (C=O) groups is 1. The SMILES string of the molecule is CC[Si](CC)(CC)O[C@H](CCO)[C@@](C)(/C=C/[C@H]1CC=CC(=O)O1)O[Si](CC)(CC)CC. The van der Waals surface area contributed by atoms with Crippen LogP contribution in [0.25, 0.3) is 0 Å². The maximum atomic E-state index is 11.7. The molecule has 0 amide bonds. The standard InChI is InChI=1S/C24H46O5Si2/c1-8-30(9-2,10-3)28-22(18-20-25)24(7,29-31(11-4,12-5)13-6)19-17-21-15-14-16-23(26)27-21/h14,16-17,19,21-22,25H,8-13,15,18,20H2,1-7H3/b19-17+/t21-,22-,24-/m1/s1. The second-order valence-corrected chi connectivity index (χ2v) is 18.3. The van der Waals surface area contributed by atoms with E-state index in [4.69, 9.17) is 13.6 Å². The number of aliphatic hydroxyl groups excluding tert-OH is 1. The summed E-state index contributed by atoms with van der Waals surface area (Å²) < 4.78 is 19.5. The highest BCUT2D eigenvalue weighted by molar-refractivity contribution is 6.74. The summed E-state index contributed by atoms with van der Waals surface area (Å²) in [6.07, 6.45) is 8.03. The summed E-state index contributed by atoms with van der Waals surface area (Å²) in [5.74, 6) is -0.305. The van der Waals surface area contributed by atoms with Crippen LogP contribution in [-0.2, 0) is 18.4 Å². The van der Waals surface area contributed by atoms with E-state index in [1.54, 1.807) is 0 Å². The molecule has 0 aromatic rings. The van der Waals surface area contributed by atoms with Gasteiger partial charge in [-0.15, -0.1) is 0 Å². The molecule has 1 heterocycles. The van der Waals surface area contributed by atoms with E-state index in [2.05, 4.69) is 54.5 Å². The number of carbonyl (C=O) groups excluding carboxylic acids is 1. The fourth-order valence-electron chi connectivity index (χ4n) is 4.47. The summed E-state index contributed by atoms with van der Waals surface area (Å²) in [7, 11) is -3.89. The summed E-state index contributed by atoms with van der Waals surface area (Å²) in [4.78, 5) is 11.7. The number of ether oxygens (including phenoxy) is 1. The molecule has 0 aromatic heterocycles. The van der Waals surface area contributed by atoms with E-state index >= 15 is 0 Å². The molecule has 0 aromatic carbocycles. The van der Waals surface area contributed by atoms with E-state index in [0.29, 0.717) is 12.8 Å². The Morgan fingerprint density at radius 2 is 1.65 bits per heavy atom. The van der Waals surface area contributed by atoms with Gasteiger partial charge in [-0.25, -0.2) is 4.79 Å². The van der Waals surface area contributed by atoms with Crippen LogP contribution >= 0.6 is 0 Å². The summed E-state index contributed by atoms with van der Waals surface area (Å²) in [5, 5.41) is 9.93. The van der Waals surface area contributed by atoms with Crippen molar-refractivity contribution in [3.8, 4) is 0 Å². The number of cyclic esters (lactones) is 1. The van der Waals surface area contributed by atoms with Gasteiger partial charge in [-0.2, -0.15) is 0 Å². The minimum atomic E-state index is -1.97. The van der Waals surface area contributed by atoms with Crippen molar-refractivity contribution < 1.29 is 23.5 Å². The largest absolute Gasteiger partial charge is 0.455 e. The molecule has 0 fully saturated rings. The van der Waals surface area contributed by atoms with Crippen molar-refractivity contribution in [2.75, 3.05) is 6.61 Å². The Bertz CT molecular complexity index is 582. The van der Waals surface area contributed by atoms with Crippen molar-refractivity contribution in [1.29, 1.82) is 0 Å². The lowest BCUT2D eigenvalue weighted by molar-refractivity contribution is -0.141. The Morgan fingerprint density at radius 1 is 1.10 bits per heavy atom. The Hall–Kier alpha value is -0.736. The molecule has 0 unspecified atom stereocenters. The van der Waals surface area contributed by atoms with E-state index in [1.807, 2.05) is 12.2 Å². The molecular formula is C24H46O5Si2. The molecule has 0 aliphatic carbocycles. The molecule has 7 heteroatoms. The molecule has 1 aliphatic heterocycles. The van der Waals surface area contributed by atoms with Crippen LogP contribution in [0.15, 0.2) is 24.3 Å². The lowest BCUT2D eigenvalue weighted by Crippen LogP contribution is -2.55. The number of hydrogen-bond acceptors (Lipinski definition) is 5. The first-order valence-corrected chi connectivity index (χ1v) is 17.3. The van der Waals surface area contributed by atoms with Gasteiger partial charge in [0.2, 0.25) is 0 Å². The van der Waals surface area contributed by atoms with Gasteiger partial charge in [0.25, 0.3) is 0 Å². The van der Waals surface area contributed by atoms with Gasteiger partial charge < -0.3 is 18.7 Å². The average Bonchev–Trinajstić information content (AvgIpc) is 2.79. The van der Waals surface area contributed by atoms with Gasteiger partial charge >= 0.3 is 5.97 Å². The summed E-state index contributed by atoms with van der Waals surface area (Å²) in [6.45, 7) is 15.5. The zero-order chi connectivity index (χ0) is 23.5. The normalized spacial score (nSPS) is 20.6. The number of rotatable bonds is 15. The van der Waals surface area contributed by atoms with Crippen molar-refractivity contribution in [2.24, 2.45) is 0 Å². The van der Waals surface area contributed by atoms with Crippen molar-refractivity contribution in [3.63, 3.8) is 0 Å². The second kappa shape index (κ2) is 13.1. The van der Waals surface area contributed by atoms with Gasteiger partial charge in [-0.3, -0.25) is 0 Å². The maximum absolute atomic E-state index is 11.7. The monoisotopic (exact) mass is 470 g/mol. The van der Waals surface area contributed by atoms with Crippen LogP contribution in [0.3, 0.4) is 0 Å². The lowest BCUT2D eigenvalue weighted by Gasteiger charge is -2.46. The fourth-order valence-corrected chi connectivity index (χ4v) is 10.5. The Labute approximate surface area is 192 Å².